The Morgan fingerprint density at radius 1 is 0.632 bits per heavy atom. The highest BCUT2D eigenvalue weighted by atomic mass is 19.1. The third kappa shape index (κ3) is 32.0. The van der Waals surface area contributed by atoms with Crippen molar-refractivity contribution in [2.45, 2.75) is 223 Å². The van der Waals surface area contributed by atoms with Gasteiger partial charge in [-0.3, -0.25) is 47.9 Å². The smallest absolute Gasteiger partial charge is 0.312 e. The number of nitrogens with zero attached hydrogens (tertiary/aromatic N) is 2. The van der Waals surface area contributed by atoms with E-state index < -0.39 is 149 Å². The Bertz CT molecular complexity index is 4450. The molecule has 5 aliphatic carbocycles. The van der Waals surface area contributed by atoms with E-state index in [0.29, 0.717) is 116 Å². The van der Waals surface area contributed by atoms with E-state index >= 15 is 13.6 Å². The number of likely N-dealkylation sites (N-methyl/N-ethyl adjacent to an activating group) is 1. The van der Waals surface area contributed by atoms with Gasteiger partial charge in [0.05, 0.1) is 183 Å². The predicted molar refractivity (Wildman–Crippen MR) is 500 cm³/mol. The molecule has 10 amide bonds. The molecule has 3 saturated carbocycles. The molecule has 1 saturated heterocycles. The number of ether oxygens (including phenoxy) is 11. The number of carbonyl (C=O) groups is 11. The second-order valence-corrected chi connectivity index (χ2v) is 37.4. The number of urea groups is 1. The zero-order valence-electron chi connectivity index (χ0n) is 80.5. The van der Waals surface area contributed by atoms with Gasteiger partial charge in [-0.2, -0.15) is 0 Å². The summed E-state index contributed by atoms with van der Waals surface area (Å²) >= 11 is 0. The van der Waals surface area contributed by atoms with Crippen LogP contribution >= 0.6 is 0 Å². The highest BCUT2D eigenvalue weighted by molar-refractivity contribution is 6.02. The quantitative estimate of drug-likeness (QED) is 0.0248. The number of para-hydroxylation sites is 1. The molecule has 2 aromatic rings. The van der Waals surface area contributed by atoms with Crippen molar-refractivity contribution in [2.75, 3.05) is 184 Å². The van der Waals surface area contributed by atoms with Crippen molar-refractivity contribution in [3.05, 3.63) is 100 Å². The molecule has 38 heteroatoms. The number of carbonyl (C=O) groups excluding carboxylic acids is 11. The predicted octanol–water partition coefficient (Wildman–Crippen LogP) is 4.41. The molecular formula is C98H148F2N13O23+. The minimum Gasteiger partial charge on any atom is -0.399 e. The van der Waals surface area contributed by atoms with Crippen LogP contribution in [-0.2, 0) is 107 Å². The van der Waals surface area contributed by atoms with E-state index in [9.17, 15) is 53.1 Å². The number of benzene rings is 2. The van der Waals surface area contributed by atoms with Gasteiger partial charge in [0.1, 0.15) is 30.9 Å². The van der Waals surface area contributed by atoms with Crippen molar-refractivity contribution in [1.29, 1.82) is 0 Å². The number of halogens is 2. The molecule has 2 aliphatic heterocycles. The first-order valence-electron chi connectivity index (χ1n) is 48.3. The largest absolute Gasteiger partial charge is 0.399 e. The molecule has 136 heavy (non-hydrogen) atoms. The van der Waals surface area contributed by atoms with E-state index in [1.54, 1.807) is 25.7 Å². The Morgan fingerprint density at radius 3 is 1.88 bits per heavy atom. The lowest BCUT2D eigenvalue weighted by Crippen LogP contribution is -2.71. The molecular weight excluding hydrogens is 1770 g/mol. The van der Waals surface area contributed by atoms with E-state index in [1.165, 1.54) is 19.1 Å². The van der Waals surface area contributed by atoms with Gasteiger partial charge < -0.3 is 126 Å². The molecule has 14 N–H and O–H groups in total. The first-order chi connectivity index (χ1) is 65.2. The van der Waals surface area contributed by atoms with Crippen molar-refractivity contribution >= 4 is 70.5 Å². The minimum atomic E-state index is -2.47. The number of rotatable bonds is 61. The molecule has 0 radical (unpaired) electrons. The molecule has 2 heterocycles. The van der Waals surface area contributed by atoms with Crippen molar-refractivity contribution in [2.24, 2.45) is 40.1 Å². The van der Waals surface area contributed by atoms with Gasteiger partial charge >= 0.3 is 6.03 Å². The number of allylic oxidation sites excluding steroid dienone is 5. The Hall–Kier alpha value is -9.47. The standard InChI is InChI=1S/C98H147F2N13O23/c1-9-20-88-135-82-61-71-72-60-74(99)73-59-70(114)33-36-95(73,4)97(72,100)80(115)62-96(71,5)98(82,136-88)81(116)63-108-91(122)76(26-19-38-107-94(102)125)110-93(124)90(66(2)3)111-92(123)77(25-17-18-37-104-86(120)65-134-79-28-12-10-11-24-75(89(79)101)103-40-45-128-49-53-132-57-55-130-51-47-126-43-34-84(118)105-39-42-113(6,7)8)109-85(119)35-44-127-48-52-131-56-58-133-54-50-129-46-41-106-83(117)31-32-87(121)112-64-69-23-14-13-21-67(69)29-30-68-22-15-16-27-78(68)112/h13-16,21-23,27,33,36,59,66,71-72,74,76-77,79-80,82,88,90,103,115H,9-12,17-20,24-26,28,31-32,34-35,37-58,60-65,101H2,1-8H3,(H9-,102,104,105,106,107,108,109,110,111,117,118,119,120,122,123,124,125)/p+1/t71-,72-,74-,76-,77+,79?,80-,82+,88?,90-,95-,96-,97-,98+/m0/s1. The van der Waals surface area contributed by atoms with Crippen LogP contribution in [0.3, 0.4) is 0 Å². The van der Waals surface area contributed by atoms with Crippen LogP contribution in [0, 0.1) is 40.4 Å². The van der Waals surface area contributed by atoms with Crippen LogP contribution in [0.4, 0.5) is 19.3 Å². The van der Waals surface area contributed by atoms with Gasteiger partial charge in [0.15, 0.2) is 29.1 Å². The van der Waals surface area contributed by atoms with Crippen LogP contribution < -0.4 is 64.2 Å². The Kier molecular flexibility index (Phi) is 44.8. The molecule has 0 spiro atoms. The lowest BCUT2D eigenvalue weighted by molar-refractivity contribution is -0.869. The second-order valence-electron chi connectivity index (χ2n) is 37.4. The van der Waals surface area contributed by atoms with Crippen molar-refractivity contribution in [3.63, 3.8) is 0 Å². The number of nitrogens with two attached hydrogens (primary N) is 2. The maximum absolute atomic E-state index is 18.3. The Morgan fingerprint density at radius 2 is 1.22 bits per heavy atom. The SMILES string of the molecule is CCCC1O[C@@H]2C[C@H]3[C@@H]4C[C@H](F)C5=CC(=O)C=C[C@]5(C)[C@@]4(F)[C@@H](O)C[C@]3(C)[C@]2(C(=O)CNC(=O)[C@H](CCCNC(N)=O)NC(=O)[C@@H](NC(=O)[C@@H](CCCCNC(=O)COC2CCCCCC(NCCOCCOCCOCCOCCC(=O)NCC[N+](C)(C)C)=C2N)NC(=O)CCOCCOCCOCCOCCNC(=O)CCC(=O)N2Cc3ccccc3C#Cc3ccccc32)C(C)C)O1. The van der Waals surface area contributed by atoms with Crippen LogP contribution in [0.1, 0.15) is 173 Å². The number of Topliss-reactive ketones (excluding diaryl/α,β-unsaturated/α-hetero) is 1. The summed E-state index contributed by atoms with van der Waals surface area (Å²) in [6, 6.07) is 10.3. The van der Waals surface area contributed by atoms with Gasteiger partial charge in [-0.15, -0.1) is 0 Å². The number of aliphatic hydroxyl groups excluding tert-OH is 1. The summed E-state index contributed by atoms with van der Waals surface area (Å²) in [5.41, 5.74) is 9.13. The first-order valence-corrected chi connectivity index (χ1v) is 48.3. The zero-order valence-corrected chi connectivity index (χ0v) is 80.5. The van der Waals surface area contributed by atoms with Gasteiger partial charge in [0, 0.05) is 85.4 Å². The molecule has 2 unspecified atom stereocenters. The van der Waals surface area contributed by atoms with Crippen LogP contribution in [0.2, 0.25) is 0 Å². The number of aliphatic hydroxyl groups is 1. The Labute approximate surface area is 797 Å². The van der Waals surface area contributed by atoms with Gasteiger partial charge in [-0.25, -0.2) is 13.6 Å². The van der Waals surface area contributed by atoms with Crippen LogP contribution in [-0.4, -0.2) is 314 Å². The van der Waals surface area contributed by atoms with Gasteiger partial charge in [0.2, 0.25) is 47.3 Å². The lowest BCUT2D eigenvalue weighted by atomic mass is 9.44. The molecule has 4 fully saturated rings. The number of quaternary nitrogens is 1. The van der Waals surface area contributed by atoms with Gasteiger partial charge in [-0.1, -0.05) is 95.2 Å². The Balaban J connectivity index is 0.731. The summed E-state index contributed by atoms with van der Waals surface area (Å²) in [5, 5.41) is 37.7. The molecule has 14 atom stereocenters. The van der Waals surface area contributed by atoms with Crippen LogP contribution in [0.5, 0.6) is 0 Å². The highest BCUT2D eigenvalue weighted by Crippen LogP contribution is 2.72. The second kappa shape index (κ2) is 55.4. The van der Waals surface area contributed by atoms with E-state index in [-0.39, 0.29) is 167 Å². The number of alkyl halides is 2. The van der Waals surface area contributed by atoms with Crippen LogP contribution in [0.25, 0.3) is 0 Å². The summed E-state index contributed by atoms with van der Waals surface area (Å²) in [6.45, 7) is 14.4. The fourth-order valence-corrected chi connectivity index (χ4v) is 18.9. The lowest BCUT2D eigenvalue weighted by Gasteiger charge is -2.63. The van der Waals surface area contributed by atoms with Crippen molar-refractivity contribution < 1.29 is 123 Å². The van der Waals surface area contributed by atoms with Crippen molar-refractivity contribution in [3.8, 4) is 11.8 Å². The van der Waals surface area contributed by atoms with E-state index in [4.69, 9.17) is 63.6 Å². The fourth-order valence-electron chi connectivity index (χ4n) is 18.9. The van der Waals surface area contributed by atoms with Gasteiger partial charge in [-0.05, 0) is 137 Å². The molecule has 7 aliphatic rings. The van der Waals surface area contributed by atoms with E-state index in [0.717, 1.165) is 58.8 Å². The monoisotopic (exact) mass is 1910 g/mol. The summed E-state index contributed by atoms with van der Waals surface area (Å²) in [6.07, 6.45) is 2.55. The highest BCUT2D eigenvalue weighted by Gasteiger charge is 2.80. The van der Waals surface area contributed by atoms with Gasteiger partial charge in [0.25, 0.3) is 0 Å². The average Bonchev–Trinajstić information content (AvgIpc) is 1.49. The molecule has 0 aromatic heterocycles. The number of hydrogen-bond donors (Lipinski definition) is 12. The summed E-state index contributed by atoms with van der Waals surface area (Å²) in [4.78, 5) is 151. The molecule has 0 bridgehead atoms. The number of fused-ring (bicyclic) bond motifs is 9. The number of anilines is 1. The fraction of sp³-hybridized carbons (Fsp3) is 0.684. The van der Waals surface area contributed by atoms with E-state index in [2.05, 4.69) is 80.8 Å². The maximum Gasteiger partial charge on any atom is 0.312 e. The minimum absolute atomic E-state index is 0.00253. The summed E-state index contributed by atoms with van der Waals surface area (Å²) < 4.78 is 100. The number of amides is 10. The normalized spacial score (nSPS) is 23.9. The maximum atomic E-state index is 18.3. The van der Waals surface area contributed by atoms with Crippen molar-refractivity contribution in [1.82, 2.24) is 47.9 Å². The topological polar surface area (TPSA) is 473 Å². The van der Waals surface area contributed by atoms with Crippen LogP contribution in [0.15, 0.2) is 83.7 Å². The number of hydrogen-bond acceptors (Lipinski definition) is 25. The number of unbranched alkanes of at least 4 members (excludes halogenated alkanes) is 1. The number of ketones is 2. The molecule has 756 valence electrons. The molecule has 9 rings (SSSR count). The molecule has 2 aromatic carbocycles. The summed E-state index contributed by atoms with van der Waals surface area (Å²) in [5.74, 6) is -1.31. The number of nitrogens with one attached hydrogen (secondary N) is 9. The third-order valence-electron chi connectivity index (χ3n) is 26.2. The average molecular weight is 1910 g/mol. The molecule has 36 nitrogen and oxygen atoms in total. The zero-order chi connectivity index (χ0) is 98.3. The first kappa shape index (κ1) is 110. The summed E-state index contributed by atoms with van der Waals surface area (Å²) in [7, 11) is 6.20. The number of primary amides is 1. The third-order valence-corrected chi connectivity index (χ3v) is 26.2. The van der Waals surface area contributed by atoms with E-state index in [1.807, 2.05) is 55.5 Å².